The lowest BCUT2D eigenvalue weighted by Gasteiger charge is -2.16. The van der Waals surface area contributed by atoms with Crippen LogP contribution in [-0.4, -0.2) is 25.3 Å². The molecule has 0 amide bonds. The molecule has 27 heavy (non-hydrogen) atoms. The molecule has 0 spiro atoms. The summed E-state index contributed by atoms with van der Waals surface area (Å²) in [7, 11) is 0. The summed E-state index contributed by atoms with van der Waals surface area (Å²) in [5.41, 5.74) is 0.689. The van der Waals surface area contributed by atoms with Gasteiger partial charge in [-0.2, -0.15) is 0 Å². The fraction of sp³-hybridized carbons (Fsp3) is 0.316. The fourth-order valence-electron chi connectivity index (χ4n) is 2.45. The number of hydrogen-bond acceptors (Lipinski definition) is 5. The summed E-state index contributed by atoms with van der Waals surface area (Å²) in [6.07, 6.45) is -0.0724. The summed E-state index contributed by atoms with van der Waals surface area (Å²) in [5, 5.41) is 1.21. The largest absolute Gasteiger partial charge is 0.489 e. The van der Waals surface area contributed by atoms with Gasteiger partial charge in [-0.15, -0.1) is 0 Å². The summed E-state index contributed by atoms with van der Waals surface area (Å²) in [5.74, 6) is 0.870. The Labute approximate surface area is 172 Å². The lowest BCUT2D eigenvalue weighted by atomic mass is 10.2. The van der Waals surface area contributed by atoms with Gasteiger partial charge in [0, 0.05) is 11.4 Å². The van der Waals surface area contributed by atoms with Crippen molar-refractivity contribution < 1.29 is 23.7 Å². The second-order valence-electron chi connectivity index (χ2n) is 5.90. The highest BCUT2D eigenvalue weighted by Crippen LogP contribution is 2.38. The Hall–Kier alpha value is -1.82. The van der Waals surface area contributed by atoms with E-state index in [1.54, 1.807) is 31.2 Å². The number of carbonyl (C=O) groups excluding carboxylic acids is 1. The second kappa shape index (κ2) is 8.91. The molecule has 5 nitrogen and oxygen atoms in total. The lowest BCUT2D eigenvalue weighted by Crippen LogP contribution is -2.26. The van der Waals surface area contributed by atoms with E-state index in [4.69, 9.17) is 53.8 Å². The molecule has 1 atom stereocenters. The van der Waals surface area contributed by atoms with E-state index in [0.29, 0.717) is 51.1 Å². The van der Waals surface area contributed by atoms with Crippen LogP contribution in [-0.2, 0) is 16.1 Å². The van der Waals surface area contributed by atoms with Crippen LogP contribution in [0.4, 0.5) is 0 Å². The number of ether oxygens (including phenoxy) is 4. The molecular formula is C19H17Cl3O5. The van der Waals surface area contributed by atoms with Crippen LogP contribution in [0.15, 0.2) is 30.3 Å². The van der Waals surface area contributed by atoms with E-state index in [-0.39, 0.29) is 6.61 Å². The van der Waals surface area contributed by atoms with Crippen molar-refractivity contribution in [2.24, 2.45) is 0 Å². The monoisotopic (exact) mass is 430 g/mol. The molecule has 3 rings (SSSR count). The van der Waals surface area contributed by atoms with Crippen LogP contribution >= 0.6 is 34.8 Å². The zero-order chi connectivity index (χ0) is 19.4. The van der Waals surface area contributed by atoms with Crippen molar-refractivity contribution in [3.63, 3.8) is 0 Å². The fourth-order valence-corrected chi connectivity index (χ4v) is 3.19. The van der Waals surface area contributed by atoms with Crippen LogP contribution in [0.2, 0.25) is 15.1 Å². The van der Waals surface area contributed by atoms with Crippen molar-refractivity contribution in [3.05, 3.63) is 51.0 Å². The zero-order valence-corrected chi connectivity index (χ0v) is 16.7. The van der Waals surface area contributed by atoms with Gasteiger partial charge in [0.25, 0.3) is 0 Å². The maximum Gasteiger partial charge on any atom is 0.347 e. The van der Waals surface area contributed by atoms with Gasteiger partial charge in [0.1, 0.15) is 12.4 Å². The molecule has 0 fully saturated rings. The van der Waals surface area contributed by atoms with Crippen LogP contribution < -0.4 is 14.2 Å². The van der Waals surface area contributed by atoms with Gasteiger partial charge in [0.05, 0.1) is 23.3 Å². The summed E-state index contributed by atoms with van der Waals surface area (Å²) >= 11 is 18.1. The topological polar surface area (TPSA) is 54.0 Å². The van der Waals surface area contributed by atoms with Crippen molar-refractivity contribution in [1.29, 1.82) is 0 Å². The van der Waals surface area contributed by atoms with E-state index in [1.807, 2.05) is 0 Å². The van der Waals surface area contributed by atoms with Gasteiger partial charge in [-0.25, -0.2) is 4.79 Å². The number of esters is 1. The molecule has 0 saturated heterocycles. The summed E-state index contributed by atoms with van der Waals surface area (Å²) in [6.45, 7) is 2.69. The van der Waals surface area contributed by atoms with E-state index >= 15 is 0 Å². The summed E-state index contributed by atoms with van der Waals surface area (Å²) in [4.78, 5) is 12.2. The Morgan fingerprint density at radius 1 is 1.11 bits per heavy atom. The highest BCUT2D eigenvalue weighted by Gasteiger charge is 2.20. The van der Waals surface area contributed by atoms with E-state index in [9.17, 15) is 4.79 Å². The molecule has 8 heteroatoms. The van der Waals surface area contributed by atoms with Gasteiger partial charge in [-0.3, -0.25) is 0 Å². The van der Waals surface area contributed by atoms with Crippen molar-refractivity contribution in [2.45, 2.75) is 26.1 Å². The number of fused-ring (bicyclic) bond motifs is 1. The van der Waals surface area contributed by atoms with Gasteiger partial charge in [-0.05, 0) is 42.8 Å². The highest BCUT2D eigenvalue weighted by atomic mass is 35.5. The Bertz CT molecular complexity index is 840. The molecule has 2 aromatic rings. The molecule has 0 N–H and O–H groups in total. The standard InChI is InChI=1S/C19H17Cl3O5/c1-11(27-16-4-3-13(20)9-14(16)21)19(23)26-10-12-7-15(22)18-17(8-12)24-5-2-6-25-18/h3-4,7-9,11H,2,5-6,10H2,1H3/t11-/m0/s1. The molecular weight excluding hydrogens is 415 g/mol. The number of benzene rings is 2. The zero-order valence-electron chi connectivity index (χ0n) is 14.5. The molecule has 0 radical (unpaired) electrons. The quantitative estimate of drug-likeness (QED) is 0.600. The van der Waals surface area contributed by atoms with E-state index < -0.39 is 12.1 Å². The van der Waals surface area contributed by atoms with E-state index in [1.165, 1.54) is 6.07 Å². The first-order valence-electron chi connectivity index (χ1n) is 8.30. The smallest absolute Gasteiger partial charge is 0.347 e. The van der Waals surface area contributed by atoms with Crippen LogP contribution in [0.25, 0.3) is 0 Å². The normalized spacial score (nSPS) is 14.2. The maximum absolute atomic E-state index is 12.2. The Kier molecular flexibility index (Phi) is 6.58. The van der Waals surface area contributed by atoms with Crippen molar-refractivity contribution >= 4 is 40.8 Å². The third kappa shape index (κ3) is 5.12. The third-order valence-electron chi connectivity index (χ3n) is 3.77. The van der Waals surface area contributed by atoms with Gasteiger partial charge >= 0.3 is 5.97 Å². The predicted octanol–water partition coefficient (Wildman–Crippen LogP) is 5.32. The van der Waals surface area contributed by atoms with Crippen molar-refractivity contribution in [3.8, 4) is 17.2 Å². The van der Waals surface area contributed by atoms with E-state index in [2.05, 4.69) is 0 Å². The van der Waals surface area contributed by atoms with Crippen LogP contribution in [0, 0.1) is 0 Å². The summed E-state index contributed by atoms with van der Waals surface area (Å²) in [6, 6.07) is 8.19. The SMILES string of the molecule is C[C@H](Oc1ccc(Cl)cc1Cl)C(=O)OCc1cc(Cl)c2c(c1)OCCCO2. The molecule has 2 aromatic carbocycles. The number of hydrogen-bond donors (Lipinski definition) is 0. The first kappa shape index (κ1) is 19.9. The highest BCUT2D eigenvalue weighted by molar-refractivity contribution is 6.35. The van der Waals surface area contributed by atoms with Crippen LogP contribution in [0.1, 0.15) is 18.9 Å². The van der Waals surface area contributed by atoms with Gasteiger partial charge < -0.3 is 18.9 Å². The third-order valence-corrected chi connectivity index (χ3v) is 4.58. The van der Waals surface area contributed by atoms with Gasteiger partial charge in [0.15, 0.2) is 17.6 Å². The van der Waals surface area contributed by atoms with Crippen LogP contribution in [0.3, 0.4) is 0 Å². The minimum atomic E-state index is -0.848. The molecule has 0 aliphatic carbocycles. The van der Waals surface area contributed by atoms with Gasteiger partial charge in [-0.1, -0.05) is 34.8 Å². The average Bonchev–Trinajstić information content (AvgIpc) is 2.87. The molecule has 1 heterocycles. The number of rotatable bonds is 5. The Balaban J connectivity index is 1.61. The molecule has 144 valence electrons. The summed E-state index contributed by atoms with van der Waals surface area (Å²) < 4.78 is 22.1. The number of carbonyl (C=O) groups is 1. The minimum Gasteiger partial charge on any atom is -0.489 e. The molecule has 0 saturated carbocycles. The van der Waals surface area contributed by atoms with E-state index in [0.717, 1.165) is 6.42 Å². The number of halogens is 3. The maximum atomic E-state index is 12.2. The Morgan fingerprint density at radius 2 is 1.89 bits per heavy atom. The molecule has 1 aliphatic heterocycles. The molecule has 1 aliphatic rings. The predicted molar refractivity (Wildman–Crippen MR) is 103 cm³/mol. The van der Waals surface area contributed by atoms with Gasteiger partial charge in [0.2, 0.25) is 0 Å². The Morgan fingerprint density at radius 3 is 2.67 bits per heavy atom. The van der Waals surface area contributed by atoms with Crippen LogP contribution in [0.5, 0.6) is 17.2 Å². The first-order valence-corrected chi connectivity index (χ1v) is 9.44. The first-order chi connectivity index (χ1) is 12.9. The van der Waals surface area contributed by atoms with Crippen molar-refractivity contribution in [2.75, 3.05) is 13.2 Å². The molecule has 0 aromatic heterocycles. The molecule has 0 bridgehead atoms. The second-order valence-corrected chi connectivity index (χ2v) is 7.15. The van der Waals surface area contributed by atoms with Crippen molar-refractivity contribution in [1.82, 2.24) is 0 Å². The lowest BCUT2D eigenvalue weighted by molar-refractivity contribution is -0.152. The minimum absolute atomic E-state index is 0.0250. The molecule has 0 unspecified atom stereocenters. The average molecular weight is 432 g/mol.